The lowest BCUT2D eigenvalue weighted by Crippen LogP contribution is -2.59. The predicted molar refractivity (Wildman–Crippen MR) is 69.9 cm³/mol. The van der Waals surface area contributed by atoms with Crippen molar-refractivity contribution in [3.8, 4) is 0 Å². The molecular weight excluding hydrogens is 248 g/mol. The summed E-state index contributed by atoms with van der Waals surface area (Å²) in [5.74, 6) is -0.950. The van der Waals surface area contributed by atoms with Gasteiger partial charge in [-0.05, 0) is 7.05 Å². The Hall–Kier alpha value is -1.18. The van der Waals surface area contributed by atoms with E-state index in [0.717, 1.165) is 32.7 Å². The first kappa shape index (κ1) is 14.2. The highest BCUT2D eigenvalue weighted by Gasteiger charge is 2.31. The molecule has 1 atom stereocenters. The van der Waals surface area contributed by atoms with Crippen molar-refractivity contribution < 1.29 is 14.7 Å². The van der Waals surface area contributed by atoms with Gasteiger partial charge in [0, 0.05) is 45.8 Å². The standard InChI is InChI=1S/C12H22N4O3/c1-14-2-4-15(5-3-14)6-7-16-9-11(17)13-8-10(16)12(18)19/h10H,2-9H2,1H3,(H,13,17)(H,18,19). The lowest BCUT2D eigenvalue weighted by atomic mass is 10.2. The average Bonchev–Trinajstić information content (AvgIpc) is 2.38. The van der Waals surface area contributed by atoms with Gasteiger partial charge in [0.05, 0.1) is 6.54 Å². The van der Waals surface area contributed by atoms with E-state index >= 15 is 0 Å². The van der Waals surface area contributed by atoms with E-state index in [0.29, 0.717) is 6.54 Å². The fraction of sp³-hybridized carbons (Fsp3) is 0.833. The third-order valence-electron chi connectivity index (χ3n) is 3.86. The molecule has 2 aliphatic heterocycles. The van der Waals surface area contributed by atoms with Crippen molar-refractivity contribution in [2.75, 3.05) is 59.4 Å². The summed E-state index contributed by atoms with van der Waals surface area (Å²) >= 11 is 0. The van der Waals surface area contributed by atoms with E-state index in [2.05, 4.69) is 22.2 Å². The van der Waals surface area contributed by atoms with E-state index in [4.69, 9.17) is 5.11 Å². The van der Waals surface area contributed by atoms with E-state index < -0.39 is 12.0 Å². The van der Waals surface area contributed by atoms with Crippen molar-refractivity contribution in [3.05, 3.63) is 0 Å². The fourth-order valence-corrected chi connectivity index (χ4v) is 2.51. The summed E-state index contributed by atoms with van der Waals surface area (Å²) in [7, 11) is 2.10. The van der Waals surface area contributed by atoms with Gasteiger partial charge < -0.3 is 15.3 Å². The summed E-state index contributed by atoms with van der Waals surface area (Å²) in [6, 6.07) is -0.592. The van der Waals surface area contributed by atoms with Gasteiger partial charge in [-0.1, -0.05) is 0 Å². The number of nitrogens with zero attached hydrogens (tertiary/aromatic N) is 3. The summed E-state index contributed by atoms with van der Waals surface area (Å²) in [5.41, 5.74) is 0. The SMILES string of the molecule is CN1CCN(CCN2CC(=O)NCC2C(=O)O)CC1. The van der Waals surface area contributed by atoms with Crippen LogP contribution in [-0.2, 0) is 9.59 Å². The zero-order valence-electron chi connectivity index (χ0n) is 11.3. The maximum absolute atomic E-state index is 11.4. The van der Waals surface area contributed by atoms with Crippen molar-refractivity contribution >= 4 is 11.9 Å². The molecule has 19 heavy (non-hydrogen) atoms. The zero-order chi connectivity index (χ0) is 13.8. The number of hydrogen-bond donors (Lipinski definition) is 2. The number of likely N-dealkylation sites (N-methyl/N-ethyl adjacent to an activating group) is 1. The van der Waals surface area contributed by atoms with Crippen LogP contribution in [0, 0.1) is 0 Å². The van der Waals surface area contributed by atoms with Crippen LogP contribution in [-0.4, -0.2) is 97.1 Å². The molecule has 2 heterocycles. The number of carbonyl (C=O) groups excluding carboxylic acids is 1. The highest BCUT2D eigenvalue weighted by atomic mass is 16.4. The molecule has 2 saturated heterocycles. The monoisotopic (exact) mass is 270 g/mol. The number of aliphatic carboxylic acids is 1. The van der Waals surface area contributed by atoms with Gasteiger partial charge in [0.25, 0.3) is 0 Å². The Morgan fingerprint density at radius 2 is 2.00 bits per heavy atom. The molecule has 7 heteroatoms. The Morgan fingerprint density at radius 3 is 2.63 bits per heavy atom. The molecule has 0 aromatic heterocycles. The summed E-state index contributed by atoms with van der Waals surface area (Å²) in [6.07, 6.45) is 0. The van der Waals surface area contributed by atoms with Crippen LogP contribution in [0.3, 0.4) is 0 Å². The number of carboxylic acids is 1. The Balaban J connectivity index is 1.82. The molecule has 2 rings (SSSR count). The van der Waals surface area contributed by atoms with Crippen LogP contribution in [0.2, 0.25) is 0 Å². The van der Waals surface area contributed by atoms with Crippen molar-refractivity contribution in [2.24, 2.45) is 0 Å². The van der Waals surface area contributed by atoms with Gasteiger partial charge in [0.1, 0.15) is 6.04 Å². The second-order valence-electron chi connectivity index (χ2n) is 5.27. The van der Waals surface area contributed by atoms with Crippen molar-refractivity contribution in [1.29, 1.82) is 0 Å². The highest BCUT2D eigenvalue weighted by molar-refractivity contribution is 5.83. The highest BCUT2D eigenvalue weighted by Crippen LogP contribution is 2.06. The van der Waals surface area contributed by atoms with Crippen LogP contribution in [0.25, 0.3) is 0 Å². The van der Waals surface area contributed by atoms with Gasteiger partial charge in [-0.15, -0.1) is 0 Å². The Bertz CT molecular complexity index is 342. The number of hydrogen-bond acceptors (Lipinski definition) is 5. The lowest BCUT2D eigenvalue weighted by molar-refractivity contribution is -0.146. The van der Waals surface area contributed by atoms with E-state index in [1.807, 2.05) is 0 Å². The number of nitrogens with one attached hydrogen (secondary N) is 1. The average molecular weight is 270 g/mol. The minimum Gasteiger partial charge on any atom is -0.480 e. The van der Waals surface area contributed by atoms with E-state index in [1.54, 1.807) is 4.90 Å². The van der Waals surface area contributed by atoms with Gasteiger partial charge in [-0.25, -0.2) is 0 Å². The first-order valence-electron chi connectivity index (χ1n) is 6.70. The van der Waals surface area contributed by atoms with Crippen molar-refractivity contribution in [3.63, 3.8) is 0 Å². The maximum Gasteiger partial charge on any atom is 0.322 e. The Labute approximate surface area is 113 Å². The number of carbonyl (C=O) groups is 2. The Kier molecular flexibility index (Phi) is 4.73. The molecule has 7 nitrogen and oxygen atoms in total. The third kappa shape index (κ3) is 3.89. The third-order valence-corrected chi connectivity index (χ3v) is 3.86. The number of rotatable bonds is 4. The van der Waals surface area contributed by atoms with Crippen LogP contribution in [0.5, 0.6) is 0 Å². The lowest BCUT2D eigenvalue weighted by Gasteiger charge is -2.36. The van der Waals surface area contributed by atoms with Gasteiger partial charge in [-0.2, -0.15) is 0 Å². The Morgan fingerprint density at radius 1 is 1.32 bits per heavy atom. The molecule has 0 spiro atoms. The molecule has 0 bridgehead atoms. The molecule has 2 N–H and O–H groups in total. The van der Waals surface area contributed by atoms with Crippen LogP contribution in [0.15, 0.2) is 0 Å². The number of piperazine rings is 2. The van der Waals surface area contributed by atoms with Gasteiger partial charge in [0.15, 0.2) is 0 Å². The van der Waals surface area contributed by atoms with E-state index in [-0.39, 0.29) is 19.0 Å². The summed E-state index contributed by atoms with van der Waals surface area (Å²) in [6.45, 7) is 5.95. The maximum atomic E-state index is 11.4. The molecule has 0 radical (unpaired) electrons. The quantitative estimate of drug-likeness (QED) is 0.623. The predicted octanol–water partition coefficient (Wildman–Crippen LogP) is -1.88. The smallest absolute Gasteiger partial charge is 0.322 e. The van der Waals surface area contributed by atoms with Crippen LogP contribution in [0.1, 0.15) is 0 Å². The van der Waals surface area contributed by atoms with Gasteiger partial charge in [0.2, 0.25) is 5.91 Å². The number of carboxylic acid groups (broad SMARTS) is 1. The molecule has 0 aromatic carbocycles. The summed E-state index contributed by atoms with van der Waals surface area (Å²) < 4.78 is 0. The second kappa shape index (κ2) is 6.31. The first-order valence-corrected chi connectivity index (χ1v) is 6.70. The van der Waals surface area contributed by atoms with Crippen LogP contribution < -0.4 is 5.32 Å². The molecule has 1 unspecified atom stereocenters. The molecule has 1 amide bonds. The van der Waals surface area contributed by atoms with Crippen LogP contribution >= 0.6 is 0 Å². The molecule has 0 saturated carbocycles. The minimum absolute atomic E-state index is 0.0872. The normalized spacial score (nSPS) is 27.2. The van der Waals surface area contributed by atoms with Gasteiger partial charge >= 0.3 is 5.97 Å². The van der Waals surface area contributed by atoms with Gasteiger partial charge in [-0.3, -0.25) is 19.4 Å². The molecule has 0 aliphatic carbocycles. The molecule has 108 valence electrons. The summed E-state index contributed by atoms with van der Waals surface area (Å²) in [5, 5.41) is 11.8. The zero-order valence-corrected chi connectivity index (χ0v) is 11.3. The largest absolute Gasteiger partial charge is 0.480 e. The molecular formula is C12H22N4O3. The summed E-state index contributed by atoms with van der Waals surface area (Å²) in [4.78, 5) is 28.9. The van der Waals surface area contributed by atoms with Crippen molar-refractivity contribution in [1.82, 2.24) is 20.0 Å². The topological polar surface area (TPSA) is 76.1 Å². The van der Waals surface area contributed by atoms with E-state index in [9.17, 15) is 9.59 Å². The van der Waals surface area contributed by atoms with Crippen LogP contribution in [0.4, 0.5) is 0 Å². The molecule has 2 fully saturated rings. The van der Waals surface area contributed by atoms with Crippen molar-refractivity contribution in [2.45, 2.75) is 6.04 Å². The second-order valence-corrected chi connectivity index (χ2v) is 5.27. The molecule has 2 aliphatic rings. The van der Waals surface area contributed by atoms with E-state index in [1.165, 1.54) is 0 Å². The number of amides is 1. The molecule has 0 aromatic rings. The first-order chi connectivity index (χ1) is 9.06. The fourth-order valence-electron chi connectivity index (χ4n) is 2.51. The minimum atomic E-state index is -0.863.